The minimum Gasteiger partial charge on any atom is -0.352 e. The number of Topliss-reactive ketones (excluding diaryl/α,β-unsaturated/α-hetero) is 1. The highest BCUT2D eigenvalue weighted by atomic mass is 19.4. The van der Waals surface area contributed by atoms with Crippen LogP contribution in [-0.4, -0.2) is 17.2 Å². The molecule has 3 aromatic rings. The first-order valence-electron chi connectivity index (χ1n) is 9.71. The Balaban J connectivity index is 1.90. The van der Waals surface area contributed by atoms with E-state index in [-0.39, 0.29) is 12.0 Å². The summed E-state index contributed by atoms with van der Waals surface area (Å²) < 4.78 is 47.1. The Morgan fingerprint density at radius 1 is 1.16 bits per heavy atom. The lowest BCUT2D eigenvalue weighted by molar-refractivity contribution is -0.138. The van der Waals surface area contributed by atoms with Gasteiger partial charge in [0, 0.05) is 5.56 Å². The highest BCUT2D eigenvalue weighted by Crippen LogP contribution is 2.44. The number of ketones is 1. The molecule has 0 bridgehead atoms. The van der Waals surface area contributed by atoms with Crippen LogP contribution in [0.5, 0.6) is 0 Å². The van der Waals surface area contributed by atoms with Gasteiger partial charge >= 0.3 is 6.18 Å². The number of hydrogen-bond acceptors (Lipinski definition) is 4. The molecular weight excluding hydrogens is 407 g/mol. The summed E-state index contributed by atoms with van der Waals surface area (Å²) in [7, 11) is 0. The maximum absolute atomic E-state index is 14.0. The lowest BCUT2D eigenvalue weighted by Crippen LogP contribution is -2.41. The summed E-state index contributed by atoms with van der Waals surface area (Å²) in [6.07, 6.45) is -1.66. The SMILES string of the molecule is C=Cc1ccc2c(c1)CCCC2(C=O)C(=O)c1onc(-c2ccccc2)c1C(F)(F)F. The molecule has 1 atom stereocenters. The van der Waals surface area contributed by atoms with Crippen molar-refractivity contribution in [3.63, 3.8) is 0 Å². The Kier molecular flexibility index (Phi) is 5.13. The van der Waals surface area contributed by atoms with E-state index in [4.69, 9.17) is 4.52 Å². The number of carbonyl (C=O) groups excluding carboxylic acids is 2. The number of carbonyl (C=O) groups is 2. The van der Waals surface area contributed by atoms with E-state index in [0.717, 1.165) is 11.1 Å². The molecule has 1 aliphatic carbocycles. The van der Waals surface area contributed by atoms with E-state index in [2.05, 4.69) is 11.7 Å². The zero-order chi connectivity index (χ0) is 22.2. The van der Waals surface area contributed by atoms with Crippen molar-refractivity contribution in [2.24, 2.45) is 0 Å². The second kappa shape index (κ2) is 7.65. The smallest absolute Gasteiger partial charge is 0.352 e. The van der Waals surface area contributed by atoms with Gasteiger partial charge in [-0.15, -0.1) is 0 Å². The van der Waals surface area contributed by atoms with Crippen LogP contribution in [-0.2, 0) is 22.8 Å². The highest BCUT2D eigenvalue weighted by molar-refractivity contribution is 6.13. The van der Waals surface area contributed by atoms with Crippen molar-refractivity contribution in [1.29, 1.82) is 0 Å². The van der Waals surface area contributed by atoms with Crippen LogP contribution in [0.3, 0.4) is 0 Å². The van der Waals surface area contributed by atoms with Crippen molar-refractivity contribution in [3.05, 3.63) is 83.1 Å². The number of rotatable bonds is 5. The molecule has 0 amide bonds. The molecule has 0 saturated carbocycles. The number of aromatic nitrogens is 1. The van der Waals surface area contributed by atoms with Gasteiger partial charge in [-0.3, -0.25) is 4.79 Å². The molecule has 0 aliphatic heterocycles. The van der Waals surface area contributed by atoms with Crippen molar-refractivity contribution >= 4 is 18.1 Å². The second-order valence-electron chi connectivity index (χ2n) is 7.49. The largest absolute Gasteiger partial charge is 0.422 e. The summed E-state index contributed by atoms with van der Waals surface area (Å²) in [6.45, 7) is 3.70. The first-order valence-corrected chi connectivity index (χ1v) is 9.71. The molecule has 7 heteroatoms. The van der Waals surface area contributed by atoms with Gasteiger partial charge in [-0.05, 0) is 36.0 Å². The number of aldehydes is 1. The predicted octanol–water partition coefficient (Wildman–Crippen LogP) is 5.66. The molecule has 0 N–H and O–H groups in total. The standard InChI is InChI=1S/C24H18F3NO3/c1-2-15-10-11-18-17(13-15)9-6-12-23(18,14-29)22(30)21-19(24(25,26)27)20(28-31-21)16-7-4-3-5-8-16/h2-5,7-8,10-11,13-14H,1,6,9,12H2. The molecule has 1 aromatic heterocycles. The van der Waals surface area contributed by atoms with Crippen LogP contribution < -0.4 is 0 Å². The van der Waals surface area contributed by atoms with Crippen LogP contribution >= 0.6 is 0 Å². The van der Waals surface area contributed by atoms with E-state index >= 15 is 0 Å². The average Bonchev–Trinajstić information content (AvgIpc) is 3.24. The van der Waals surface area contributed by atoms with Gasteiger partial charge in [0.1, 0.15) is 23.0 Å². The van der Waals surface area contributed by atoms with Crippen molar-refractivity contribution in [1.82, 2.24) is 5.16 Å². The topological polar surface area (TPSA) is 60.2 Å². The summed E-state index contributed by atoms with van der Waals surface area (Å²) in [6, 6.07) is 12.8. The monoisotopic (exact) mass is 425 g/mol. The molecule has 2 aromatic carbocycles. The van der Waals surface area contributed by atoms with E-state index < -0.39 is 34.4 Å². The molecule has 31 heavy (non-hydrogen) atoms. The molecule has 1 unspecified atom stereocenters. The minimum atomic E-state index is -4.90. The quantitative estimate of drug-likeness (QED) is 0.301. The average molecular weight is 425 g/mol. The van der Waals surface area contributed by atoms with Crippen LogP contribution in [0.25, 0.3) is 17.3 Å². The summed E-state index contributed by atoms with van der Waals surface area (Å²) in [5.41, 5.74) is -1.40. The molecule has 4 nitrogen and oxygen atoms in total. The van der Waals surface area contributed by atoms with Crippen LogP contribution in [0.15, 0.2) is 59.6 Å². The van der Waals surface area contributed by atoms with E-state index in [9.17, 15) is 22.8 Å². The third kappa shape index (κ3) is 3.40. The van der Waals surface area contributed by atoms with Crippen molar-refractivity contribution in [3.8, 4) is 11.3 Å². The van der Waals surface area contributed by atoms with Crippen molar-refractivity contribution < 1.29 is 27.3 Å². The third-order valence-corrected chi connectivity index (χ3v) is 5.70. The van der Waals surface area contributed by atoms with Crippen molar-refractivity contribution in [2.45, 2.75) is 30.9 Å². The van der Waals surface area contributed by atoms with E-state index in [1.165, 1.54) is 12.1 Å². The third-order valence-electron chi connectivity index (χ3n) is 5.70. The zero-order valence-corrected chi connectivity index (χ0v) is 16.4. The molecule has 158 valence electrons. The van der Waals surface area contributed by atoms with Crippen LogP contribution in [0.2, 0.25) is 0 Å². The molecule has 0 radical (unpaired) electrons. The fourth-order valence-corrected chi connectivity index (χ4v) is 4.19. The Bertz CT molecular complexity index is 1160. The second-order valence-corrected chi connectivity index (χ2v) is 7.49. The van der Waals surface area contributed by atoms with Gasteiger partial charge in [-0.2, -0.15) is 13.2 Å². The number of nitrogens with zero attached hydrogens (tertiary/aromatic N) is 1. The Morgan fingerprint density at radius 2 is 1.90 bits per heavy atom. The molecular formula is C24H18F3NO3. The summed E-state index contributed by atoms with van der Waals surface area (Å²) in [4.78, 5) is 25.8. The van der Waals surface area contributed by atoms with E-state index in [1.807, 2.05) is 0 Å². The zero-order valence-electron chi connectivity index (χ0n) is 16.4. The lowest BCUT2D eigenvalue weighted by atomic mass is 9.67. The molecule has 1 aliphatic rings. The van der Waals surface area contributed by atoms with E-state index in [0.29, 0.717) is 24.7 Å². The highest BCUT2D eigenvalue weighted by Gasteiger charge is 2.50. The predicted molar refractivity (Wildman–Crippen MR) is 108 cm³/mol. The van der Waals surface area contributed by atoms with Gasteiger partial charge in [0.2, 0.25) is 11.5 Å². The minimum absolute atomic E-state index is 0.0917. The number of halogens is 3. The van der Waals surface area contributed by atoms with Gasteiger partial charge in [-0.25, -0.2) is 0 Å². The van der Waals surface area contributed by atoms with Gasteiger partial charge in [-0.1, -0.05) is 66.3 Å². The van der Waals surface area contributed by atoms with Crippen LogP contribution in [0.1, 0.15) is 45.7 Å². The fourth-order valence-electron chi connectivity index (χ4n) is 4.19. The Labute approximate surface area is 176 Å². The van der Waals surface area contributed by atoms with Crippen LogP contribution in [0, 0.1) is 0 Å². The number of aryl methyl sites for hydroxylation is 1. The summed E-state index contributed by atoms with van der Waals surface area (Å²) in [5.74, 6) is -1.98. The Morgan fingerprint density at radius 3 is 2.55 bits per heavy atom. The molecule has 1 heterocycles. The van der Waals surface area contributed by atoms with Crippen molar-refractivity contribution in [2.75, 3.05) is 0 Å². The molecule has 0 fully saturated rings. The summed E-state index contributed by atoms with van der Waals surface area (Å²) >= 11 is 0. The maximum Gasteiger partial charge on any atom is 0.422 e. The van der Waals surface area contributed by atoms with Crippen LogP contribution in [0.4, 0.5) is 13.2 Å². The number of benzene rings is 2. The summed E-state index contributed by atoms with van der Waals surface area (Å²) in [5, 5.41) is 3.57. The molecule has 4 rings (SSSR count). The number of alkyl halides is 3. The number of fused-ring (bicyclic) bond motifs is 1. The first-order chi connectivity index (χ1) is 14.8. The van der Waals surface area contributed by atoms with Gasteiger partial charge < -0.3 is 9.32 Å². The molecule has 0 saturated heterocycles. The van der Waals surface area contributed by atoms with Gasteiger partial charge in [0.15, 0.2) is 0 Å². The normalized spacial score (nSPS) is 18.3. The van der Waals surface area contributed by atoms with Gasteiger partial charge in [0.05, 0.1) is 0 Å². The fraction of sp³-hybridized carbons (Fsp3) is 0.208. The first kappa shape index (κ1) is 20.8. The maximum atomic E-state index is 14.0. The lowest BCUT2D eigenvalue weighted by Gasteiger charge is -2.33. The molecule has 0 spiro atoms. The number of hydrogen-bond donors (Lipinski definition) is 0. The Hall–Kier alpha value is -3.48. The van der Waals surface area contributed by atoms with Gasteiger partial charge in [0.25, 0.3) is 0 Å². The van der Waals surface area contributed by atoms with E-state index in [1.54, 1.807) is 42.5 Å².